The number of nitrogens with two attached hydrogens (primary N) is 1. The van der Waals surface area contributed by atoms with E-state index in [1.807, 2.05) is 6.92 Å². The first kappa shape index (κ1) is 13.6. The van der Waals surface area contributed by atoms with Gasteiger partial charge in [-0.1, -0.05) is 0 Å². The van der Waals surface area contributed by atoms with Crippen LogP contribution in [0.1, 0.15) is 28.1 Å². The smallest absolute Gasteiger partial charge is 0.122 e. The third kappa shape index (κ3) is 2.12. The molecule has 0 saturated carbocycles. The lowest BCUT2D eigenvalue weighted by Gasteiger charge is -2.16. The minimum Gasteiger partial charge on any atom is -0.496 e. The van der Waals surface area contributed by atoms with Crippen LogP contribution in [0.4, 0.5) is 0 Å². The van der Waals surface area contributed by atoms with Gasteiger partial charge in [-0.3, -0.25) is 5.10 Å². The van der Waals surface area contributed by atoms with E-state index < -0.39 is 0 Å². The summed E-state index contributed by atoms with van der Waals surface area (Å²) in [4.78, 5) is 0. The molecular formula is C15H21N3O. The van der Waals surface area contributed by atoms with E-state index in [-0.39, 0.29) is 0 Å². The monoisotopic (exact) mass is 259 g/mol. The summed E-state index contributed by atoms with van der Waals surface area (Å²) in [5, 5.41) is 7.31. The van der Waals surface area contributed by atoms with E-state index in [0.29, 0.717) is 6.54 Å². The summed E-state index contributed by atoms with van der Waals surface area (Å²) in [6.45, 7) is 8.75. The first-order valence-electron chi connectivity index (χ1n) is 6.40. The van der Waals surface area contributed by atoms with Gasteiger partial charge in [0.15, 0.2) is 0 Å². The maximum absolute atomic E-state index is 5.79. The number of methoxy groups -OCH3 is 1. The van der Waals surface area contributed by atoms with Crippen molar-refractivity contribution in [3.63, 3.8) is 0 Å². The fraction of sp³-hybridized carbons (Fsp3) is 0.400. The Bertz CT molecular complexity index is 614. The Labute approximate surface area is 114 Å². The highest BCUT2D eigenvalue weighted by Gasteiger charge is 2.18. The number of aromatic nitrogens is 2. The Kier molecular flexibility index (Phi) is 3.62. The van der Waals surface area contributed by atoms with E-state index in [4.69, 9.17) is 10.5 Å². The molecule has 4 nitrogen and oxygen atoms in total. The van der Waals surface area contributed by atoms with Crippen molar-refractivity contribution < 1.29 is 4.74 Å². The average molecular weight is 259 g/mol. The van der Waals surface area contributed by atoms with Gasteiger partial charge in [0.1, 0.15) is 5.75 Å². The molecule has 2 aromatic rings. The van der Waals surface area contributed by atoms with Crippen LogP contribution in [0, 0.1) is 27.7 Å². The quantitative estimate of drug-likeness (QED) is 0.890. The molecule has 0 atom stereocenters. The molecule has 0 aliphatic carbocycles. The number of aromatic amines is 1. The Morgan fingerprint density at radius 1 is 1.16 bits per heavy atom. The van der Waals surface area contributed by atoms with Crippen molar-refractivity contribution in [2.45, 2.75) is 34.2 Å². The van der Waals surface area contributed by atoms with Gasteiger partial charge in [-0.25, -0.2) is 0 Å². The summed E-state index contributed by atoms with van der Waals surface area (Å²) in [7, 11) is 1.70. The van der Waals surface area contributed by atoms with Crippen LogP contribution in [0.5, 0.6) is 5.75 Å². The van der Waals surface area contributed by atoms with Gasteiger partial charge in [0.2, 0.25) is 0 Å². The third-order valence-corrected chi connectivity index (χ3v) is 3.73. The van der Waals surface area contributed by atoms with Gasteiger partial charge in [-0.05, 0) is 56.0 Å². The van der Waals surface area contributed by atoms with Crippen LogP contribution < -0.4 is 10.5 Å². The standard InChI is InChI=1S/C15H21N3O/c1-8-6-13(19-5)9(2)10(3)14(8)15-11(4)17-18-12(15)7-16/h6H,7,16H2,1-5H3,(H,17,18). The van der Waals surface area contributed by atoms with E-state index in [1.54, 1.807) is 7.11 Å². The van der Waals surface area contributed by atoms with Crippen molar-refractivity contribution in [3.05, 3.63) is 34.1 Å². The van der Waals surface area contributed by atoms with Crippen molar-refractivity contribution in [1.82, 2.24) is 10.2 Å². The van der Waals surface area contributed by atoms with Crippen LogP contribution in [-0.4, -0.2) is 17.3 Å². The highest BCUT2D eigenvalue weighted by molar-refractivity contribution is 5.77. The summed E-state index contributed by atoms with van der Waals surface area (Å²) in [5.41, 5.74) is 13.6. The van der Waals surface area contributed by atoms with Gasteiger partial charge in [-0.2, -0.15) is 5.10 Å². The summed E-state index contributed by atoms with van der Waals surface area (Å²) in [6, 6.07) is 2.07. The summed E-state index contributed by atoms with van der Waals surface area (Å²) in [5.74, 6) is 0.925. The molecular weight excluding hydrogens is 238 g/mol. The van der Waals surface area contributed by atoms with Gasteiger partial charge < -0.3 is 10.5 Å². The van der Waals surface area contributed by atoms with Crippen LogP contribution >= 0.6 is 0 Å². The van der Waals surface area contributed by atoms with E-state index in [9.17, 15) is 0 Å². The second-order valence-corrected chi connectivity index (χ2v) is 4.90. The van der Waals surface area contributed by atoms with E-state index in [2.05, 4.69) is 37.0 Å². The first-order valence-corrected chi connectivity index (χ1v) is 6.40. The number of H-pyrrole nitrogens is 1. The molecule has 0 amide bonds. The highest BCUT2D eigenvalue weighted by atomic mass is 16.5. The maximum Gasteiger partial charge on any atom is 0.122 e. The van der Waals surface area contributed by atoms with Gasteiger partial charge in [0, 0.05) is 17.8 Å². The molecule has 0 bridgehead atoms. The van der Waals surface area contributed by atoms with E-state index in [0.717, 1.165) is 28.3 Å². The number of rotatable bonds is 3. The van der Waals surface area contributed by atoms with Crippen molar-refractivity contribution >= 4 is 0 Å². The minimum atomic E-state index is 0.434. The first-order chi connectivity index (χ1) is 9.01. The molecule has 0 aliphatic rings. The molecule has 1 aromatic heterocycles. The topological polar surface area (TPSA) is 63.9 Å². The number of hydrogen-bond acceptors (Lipinski definition) is 3. The predicted octanol–water partition coefficient (Wildman–Crippen LogP) is 2.78. The molecule has 1 heterocycles. The SMILES string of the molecule is COc1cc(C)c(-c2c(CN)n[nH]c2C)c(C)c1C. The fourth-order valence-corrected chi connectivity index (χ4v) is 2.60. The Balaban J connectivity index is 2.76. The maximum atomic E-state index is 5.79. The van der Waals surface area contributed by atoms with Crippen molar-refractivity contribution in [2.24, 2.45) is 5.73 Å². The summed E-state index contributed by atoms with van der Waals surface area (Å²) in [6.07, 6.45) is 0. The predicted molar refractivity (Wildman–Crippen MR) is 77.4 cm³/mol. The molecule has 4 heteroatoms. The number of benzene rings is 1. The molecule has 102 valence electrons. The second-order valence-electron chi connectivity index (χ2n) is 4.90. The van der Waals surface area contributed by atoms with Gasteiger partial charge in [-0.15, -0.1) is 0 Å². The van der Waals surface area contributed by atoms with Gasteiger partial charge in [0.25, 0.3) is 0 Å². The molecule has 0 spiro atoms. The van der Waals surface area contributed by atoms with E-state index in [1.165, 1.54) is 16.7 Å². The van der Waals surface area contributed by atoms with Crippen LogP contribution in [0.2, 0.25) is 0 Å². The molecule has 3 N–H and O–H groups in total. The number of hydrogen-bond donors (Lipinski definition) is 2. The summed E-state index contributed by atoms with van der Waals surface area (Å²) >= 11 is 0. The van der Waals surface area contributed by atoms with Crippen LogP contribution in [0.3, 0.4) is 0 Å². The Morgan fingerprint density at radius 3 is 2.42 bits per heavy atom. The zero-order chi connectivity index (χ0) is 14.2. The zero-order valence-electron chi connectivity index (χ0n) is 12.2. The van der Waals surface area contributed by atoms with Crippen molar-refractivity contribution in [3.8, 4) is 16.9 Å². The normalized spacial score (nSPS) is 10.8. The molecule has 0 saturated heterocycles. The Hall–Kier alpha value is -1.81. The molecule has 1 aromatic carbocycles. The molecule has 0 unspecified atom stereocenters. The number of aryl methyl sites for hydroxylation is 2. The highest BCUT2D eigenvalue weighted by Crippen LogP contribution is 2.36. The third-order valence-electron chi connectivity index (χ3n) is 3.73. The number of nitrogens with zero attached hydrogens (tertiary/aromatic N) is 1. The largest absolute Gasteiger partial charge is 0.496 e. The van der Waals surface area contributed by atoms with Crippen LogP contribution in [-0.2, 0) is 6.54 Å². The molecule has 0 radical (unpaired) electrons. The lowest BCUT2D eigenvalue weighted by atomic mass is 9.91. The Morgan fingerprint density at radius 2 is 1.84 bits per heavy atom. The lowest BCUT2D eigenvalue weighted by molar-refractivity contribution is 0.411. The average Bonchev–Trinajstić information content (AvgIpc) is 2.75. The van der Waals surface area contributed by atoms with E-state index >= 15 is 0 Å². The second kappa shape index (κ2) is 5.05. The lowest BCUT2D eigenvalue weighted by Crippen LogP contribution is -2.02. The van der Waals surface area contributed by atoms with Crippen molar-refractivity contribution in [1.29, 1.82) is 0 Å². The molecule has 0 aliphatic heterocycles. The zero-order valence-corrected chi connectivity index (χ0v) is 12.2. The van der Waals surface area contributed by atoms with Gasteiger partial charge >= 0.3 is 0 Å². The van der Waals surface area contributed by atoms with Crippen molar-refractivity contribution in [2.75, 3.05) is 7.11 Å². The molecule has 2 rings (SSSR count). The van der Waals surface area contributed by atoms with Crippen LogP contribution in [0.25, 0.3) is 11.1 Å². The summed E-state index contributed by atoms with van der Waals surface area (Å²) < 4.78 is 5.42. The molecule has 0 fully saturated rings. The van der Waals surface area contributed by atoms with Crippen LogP contribution in [0.15, 0.2) is 6.07 Å². The molecule has 19 heavy (non-hydrogen) atoms. The fourth-order valence-electron chi connectivity index (χ4n) is 2.60. The minimum absolute atomic E-state index is 0.434. The number of ether oxygens (including phenoxy) is 1. The van der Waals surface area contributed by atoms with Gasteiger partial charge in [0.05, 0.1) is 12.8 Å². The number of nitrogens with one attached hydrogen (secondary N) is 1.